The fourth-order valence-corrected chi connectivity index (χ4v) is 3.19. The van der Waals surface area contributed by atoms with E-state index in [-0.39, 0.29) is 11.6 Å². The molecule has 1 atom stereocenters. The summed E-state index contributed by atoms with van der Waals surface area (Å²) in [6.45, 7) is 4.42. The summed E-state index contributed by atoms with van der Waals surface area (Å²) in [7, 11) is 4.23. The first-order chi connectivity index (χ1) is 9.55. The van der Waals surface area contributed by atoms with E-state index in [2.05, 4.69) is 62.1 Å². The Morgan fingerprint density at radius 1 is 1.20 bits per heavy atom. The molecule has 1 unspecified atom stereocenters. The zero-order valence-corrected chi connectivity index (χ0v) is 12.9. The van der Waals surface area contributed by atoms with E-state index in [1.165, 1.54) is 0 Å². The summed E-state index contributed by atoms with van der Waals surface area (Å²) in [5.74, 6) is 0. The number of fused-ring (bicyclic) bond motifs is 1. The molecule has 0 bridgehead atoms. The predicted molar refractivity (Wildman–Crippen MR) is 85.7 cm³/mol. The lowest BCUT2D eigenvalue weighted by Gasteiger charge is -2.43. The van der Waals surface area contributed by atoms with Gasteiger partial charge in [-0.05, 0) is 44.6 Å². The van der Waals surface area contributed by atoms with Crippen molar-refractivity contribution in [3.05, 3.63) is 42.1 Å². The maximum absolute atomic E-state index is 6.62. The monoisotopic (exact) mass is 271 g/mol. The first-order valence-electron chi connectivity index (χ1n) is 7.33. The number of benzene rings is 1. The second-order valence-corrected chi connectivity index (χ2v) is 5.64. The second-order valence-electron chi connectivity index (χ2n) is 5.64. The molecule has 1 aromatic carbocycles. The number of nitrogens with zero attached hydrogens (tertiary/aromatic N) is 2. The predicted octanol–water partition coefficient (Wildman–Crippen LogP) is 3.36. The van der Waals surface area contributed by atoms with Crippen molar-refractivity contribution in [3.8, 4) is 0 Å². The molecule has 2 aromatic rings. The van der Waals surface area contributed by atoms with E-state index in [9.17, 15) is 0 Å². The Labute approximate surface area is 121 Å². The molecule has 0 aliphatic rings. The van der Waals surface area contributed by atoms with Crippen LogP contribution in [0.15, 0.2) is 36.5 Å². The Morgan fingerprint density at radius 2 is 1.90 bits per heavy atom. The smallest absolute Gasteiger partial charge is 0.0705 e. The number of hydrogen-bond acceptors (Lipinski definition) is 3. The van der Waals surface area contributed by atoms with Gasteiger partial charge in [-0.2, -0.15) is 0 Å². The van der Waals surface area contributed by atoms with Gasteiger partial charge in [0.15, 0.2) is 0 Å². The number of hydrogen-bond donors (Lipinski definition) is 1. The van der Waals surface area contributed by atoms with Gasteiger partial charge in [0.1, 0.15) is 0 Å². The Hall–Kier alpha value is -1.45. The van der Waals surface area contributed by atoms with Crippen LogP contribution in [0.3, 0.4) is 0 Å². The van der Waals surface area contributed by atoms with Crippen LogP contribution in [-0.4, -0.2) is 29.5 Å². The molecule has 2 rings (SSSR count). The molecule has 108 valence electrons. The van der Waals surface area contributed by atoms with E-state index in [0.717, 1.165) is 29.3 Å². The number of nitrogens with two attached hydrogens (primary N) is 1. The average molecular weight is 271 g/mol. The molecule has 3 heteroatoms. The zero-order valence-electron chi connectivity index (χ0n) is 12.9. The van der Waals surface area contributed by atoms with Crippen LogP contribution in [0.5, 0.6) is 0 Å². The third-order valence-corrected chi connectivity index (χ3v) is 4.68. The lowest BCUT2D eigenvalue weighted by Crippen LogP contribution is -2.51. The van der Waals surface area contributed by atoms with Crippen molar-refractivity contribution in [2.24, 2.45) is 5.73 Å². The van der Waals surface area contributed by atoms with Crippen LogP contribution in [0, 0.1) is 0 Å². The lowest BCUT2D eigenvalue weighted by atomic mass is 9.80. The van der Waals surface area contributed by atoms with Gasteiger partial charge in [0, 0.05) is 23.2 Å². The molecule has 0 saturated carbocycles. The van der Waals surface area contributed by atoms with E-state index in [1.54, 1.807) is 0 Å². The van der Waals surface area contributed by atoms with Crippen molar-refractivity contribution in [1.29, 1.82) is 0 Å². The molecule has 1 aromatic heterocycles. The van der Waals surface area contributed by atoms with Crippen molar-refractivity contribution in [1.82, 2.24) is 9.88 Å². The van der Waals surface area contributed by atoms with Crippen LogP contribution >= 0.6 is 0 Å². The summed E-state index contributed by atoms with van der Waals surface area (Å²) in [6, 6.07) is 10.4. The fourth-order valence-electron chi connectivity index (χ4n) is 3.19. The third kappa shape index (κ3) is 2.43. The number of likely N-dealkylation sites (N-methyl/N-ethyl adjacent to an activating group) is 1. The Morgan fingerprint density at radius 3 is 2.50 bits per heavy atom. The van der Waals surface area contributed by atoms with Crippen LogP contribution in [-0.2, 0) is 0 Å². The zero-order chi connectivity index (χ0) is 14.8. The quantitative estimate of drug-likeness (QED) is 0.906. The molecule has 0 saturated heterocycles. The van der Waals surface area contributed by atoms with Crippen LogP contribution in [0.4, 0.5) is 0 Å². The van der Waals surface area contributed by atoms with Gasteiger partial charge >= 0.3 is 0 Å². The largest absolute Gasteiger partial charge is 0.322 e. The normalized spacial score (nSPS) is 13.9. The summed E-state index contributed by atoms with van der Waals surface area (Å²) < 4.78 is 0. The molecule has 0 spiro atoms. The molecule has 3 nitrogen and oxygen atoms in total. The number of pyridine rings is 1. The summed E-state index contributed by atoms with van der Waals surface area (Å²) in [5.41, 5.74) is 8.78. The molecular formula is C17H25N3. The Bertz CT molecular complexity index is 573. The van der Waals surface area contributed by atoms with Gasteiger partial charge in [-0.15, -0.1) is 0 Å². The van der Waals surface area contributed by atoms with Crippen molar-refractivity contribution < 1.29 is 0 Å². The summed E-state index contributed by atoms with van der Waals surface area (Å²) >= 11 is 0. The molecule has 0 amide bonds. The minimum Gasteiger partial charge on any atom is -0.322 e. The molecule has 20 heavy (non-hydrogen) atoms. The van der Waals surface area contributed by atoms with Gasteiger partial charge < -0.3 is 10.6 Å². The van der Waals surface area contributed by atoms with Crippen LogP contribution in [0.2, 0.25) is 0 Å². The summed E-state index contributed by atoms with van der Waals surface area (Å²) in [4.78, 5) is 6.70. The van der Waals surface area contributed by atoms with Crippen LogP contribution < -0.4 is 5.73 Å². The number of rotatable bonds is 5. The van der Waals surface area contributed by atoms with E-state index in [1.807, 2.05) is 12.3 Å². The maximum atomic E-state index is 6.62. The van der Waals surface area contributed by atoms with Gasteiger partial charge in [0.25, 0.3) is 0 Å². The number of aromatic nitrogens is 1. The Balaban J connectivity index is 2.46. The van der Waals surface area contributed by atoms with E-state index < -0.39 is 0 Å². The highest BCUT2D eigenvalue weighted by Gasteiger charge is 2.36. The SMILES string of the molecule is CCC(CC)(C(N)c1ccc2cccnc2c1)N(C)C. The first-order valence-corrected chi connectivity index (χ1v) is 7.33. The first kappa shape index (κ1) is 14.9. The minimum absolute atomic E-state index is 0.0115. The van der Waals surface area contributed by atoms with Crippen molar-refractivity contribution in [2.75, 3.05) is 14.1 Å². The second kappa shape index (κ2) is 5.90. The minimum atomic E-state index is -0.0149. The third-order valence-electron chi connectivity index (χ3n) is 4.68. The van der Waals surface area contributed by atoms with Crippen molar-refractivity contribution in [3.63, 3.8) is 0 Å². The van der Waals surface area contributed by atoms with Crippen LogP contribution in [0.25, 0.3) is 10.9 Å². The summed E-state index contributed by atoms with van der Waals surface area (Å²) in [6.07, 6.45) is 3.88. The van der Waals surface area contributed by atoms with Gasteiger partial charge in [-0.25, -0.2) is 0 Å². The van der Waals surface area contributed by atoms with Crippen LogP contribution in [0.1, 0.15) is 38.3 Å². The average Bonchev–Trinajstić information content (AvgIpc) is 2.48. The van der Waals surface area contributed by atoms with E-state index >= 15 is 0 Å². The molecule has 0 radical (unpaired) electrons. The standard InChI is InChI=1S/C17H25N3/c1-5-17(6-2,20(3)4)16(18)14-10-9-13-8-7-11-19-15(13)12-14/h7-12,16H,5-6,18H2,1-4H3. The highest BCUT2D eigenvalue weighted by atomic mass is 15.2. The van der Waals surface area contributed by atoms with Crippen molar-refractivity contribution in [2.45, 2.75) is 38.3 Å². The van der Waals surface area contributed by atoms with Gasteiger partial charge in [0.2, 0.25) is 0 Å². The molecule has 2 N–H and O–H groups in total. The highest BCUT2D eigenvalue weighted by Crippen LogP contribution is 2.34. The topological polar surface area (TPSA) is 42.1 Å². The van der Waals surface area contributed by atoms with Crippen molar-refractivity contribution >= 4 is 10.9 Å². The fraction of sp³-hybridized carbons (Fsp3) is 0.471. The molecule has 1 heterocycles. The lowest BCUT2D eigenvalue weighted by molar-refractivity contribution is 0.106. The van der Waals surface area contributed by atoms with Gasteiger partial charge in [-0.3, -0.25) is 4.98 Å². The Kier molecular flexibility index (Phi) is 4.41. The molecule has 0 aliphatic carbocycles. The summed E-state index contributed by atoms with van der Waals surface area (Å²) in [5, 5.41) is 1.16. The van der Waals surface area contributed by atoms with E-state index in [4.69, 9.17) is 5.73 Å². The molecule has 0 fully saturated rings. The molecular weight excluding hydrogens is 246 g/mol. The maximum Gasteiger partial charge on any atom is 0.0705 e. The van der Waals surface area contributed by atoms with Gasteiger partial charge in [-0.1, -0.05) is 32.0 Å². The molecule has 0 aliphatic heterocycles. The van der Waals surface area contributed by atoms with E-state index in [0.29, 0.717) is 0 Å². The highest BCUT2D eigenvalue weighted by molar-refractivity contribution is 5.79. The van der Waals surface area contributed by atoms with Gasteiger partial charge in [0.05, 0.1) is 5.52 Å².